The molecule has 6 nitrogen and oxygen atoms in total. The van der Waals surface area contributed by atoms with Crippen LogP contribution < -0.4 is 11.1 Å². The number of hydrogen-bond donors (Lipinski definition) is 2. The van der Waals surface area contributed by atoms with Crippen LogP contribution in [0.4, 0.5) is 10.5 Å². The molecule has 3 N–H and O–H groups in total. The van der Waals surface area contributed by atoms with E-state index in [9.17, 15) is 9.59 Å². The first-order valence-electron chi connectivity index (χ1n) is 7.09. The fraction of sp³-hybridized carbons (Fsp3) is 0.250. The Kier molecular flexibility index (Phi) is 6.10. The van der Waals surface area contributed by atoms with Crippen molar-refractivity contribution in [1.29, 1.82) is 0 Å². The summed E-state index contributed by atoms with van der Waals surface area (Å²) in [7, 11) is 0. The van der Waals surface area contributed by atoms with Crippen LogP contribution in [0.1, 0.15) is 12.2 Å². The SMILES string of the molecule is CSc1ccc(NC(=O)N(CCC(N)=O)Cc2ccco2)cc1. The molecule has 0 radical (unpaired) electrons. The molecule has 1 aromatic heterocycles. The van der Waals surface area contributed by atoms with Gasteiger partial charge < -0.3 is 20.4 Å². The molecule has 1 aromatic carbocycles. The van der Waals surface area contributed by atoms with Crippen molar-refractivity contribution in [3.8, 4) is 0 Å². The van der Waals surface area contributed by atoms with Crippen LogP contribution in [-0.2, 0) is 11.3 Å². The van der Waals surface area contributed by atoms with Gasteiger partial charge in [-0.2, -0.15) is 0 Å². The van der Waals surface area contributed by atoms with Gasteiger partial charge in [-0.3, -0.25) is 4.79 Å². The first-order chi connectivity index (χ1) is 11.1. The minimum atomic E-state index is -0.452. The van der Waals surface area contributed by atoms with Gasteiger partial charge in [0.05, 0.1) is 12.8 Å². The highest BCUT2D eigenvalue weighted by Crippen LogP contribution is 2.18. The molecule has 23 heavy (non-hydrogen) atoms. The minimum absolute atomic E-state index is 0.0968. The van der Waals surface area contributed by atoms with Crippen molar-refractivity contribution in [3.63, 3.8) is 0 Å². The van der Waals surface area contributed by atoms with Gasteiger partial charge in [-0.25, -0.2) is 4.79 Å². The van der Waals surface area contributed by atoms with Gasteiger partial charge in [0, 0.05) is 23.5 Å². The van der Waals surface area contributed by atoms with Crippen molar-refractivity contribution in [3.05, 3.63) is 48.4 Å². The number of benzene rings is 1. The van der Waals surface area contributed by atoms with E-state index in [2.05, 4.69) is 5.32 Å². The molecule has 0 aliphatic carbocycles. The molecule has 0 aliphatic rings. The number of carbonyl (C=O) groups excluding carboxylic acids is 2. The van der Waals surface area contributed by atoms with E-state index in [0.29, 0.717) is 11.4 Å². The number of carbonyl (C=O) groups is 2. The van der Waals surface area contributed by atoms with Crippen molar-refractivity contribution in [1.82, 2.24) is 4.90 Å². The topological polar surface area (TPSA) is 88.6 Å². The van der Waals surface area contributed by atoms with E-state index in [1.165, 1.54) is 4.90 Å². The molecular weight excluding hydrogens is 314 g/mol. The van der Waals surface area contributed by atoms with Crippen molar-refractivity contribution >= 4 is 29.4 Å². The summed E-state index contributed by atoms with van der Waals surface area (Å²) < 4.78 is 5.26. The van der Waals surface area contributed by atoms with Crippen LogP contribution in [0.2, 0.25) is 0 Å². The average molecular weight is 333 g/mol. The lowest BCUT2D eigenvalue weighted by Crippen LogP contribution is -2.36. The minimum Gasteiger partial charge on any atom is -0.467 e. The number of amides is 3. The lowest BCUT2D eigenvalue weighted by atomic mass is 10.3. The van der Waals surface area contributed by atoms with Crippen molar-refractivity contribution in [2.45, 2.75) is 17.9 Å². The monoisotopic (exact) mass is 333 g/mol. The van der Waals surface area contributed by atoms with E-state index in [4.69, 9.17) is 10.2 Å². The van der Waals surface area contributed by atoms with Crippen molar-refractivity contribution in [2.24, 2.45) is 5.73 Å². The van der Waals surface area contributed by atoms with Gasteiger partial charge in [-0.1, -0.05) is 0 Å². The smallest absolute Gasteiger partial charge is 0.322 e. The Morgan fingerprint density at radius 2 is 2.00 bits per heavy atom. The average Bonchev–Trinajstić information content (AvgIpc) is 3.05. The highest BCUT2D eigenvalue weighted by Gasteiger charge is 2.16. The first-order valence-corrected chi connectivity index (χ1v) is 8.31. The molecule has 0 fully saturated rings. The van der Waals surface area contributed by atoms with Crippen LogP contribution >= 0.6 is 11.8 Å². The summed E-state index contributed by atoms with van der Waals surface area (Å²) in [5.74, 6) is 0.189. The predicted molar refractivity (Wildman–Crippen MR) is 90.2 cm³/mol. The maximum atomic E-state index is 12.4. The maximum absolute atomic E-state index is 12.4. The van der Waals surface area contributed by atoms with Gasteiger partial charge in [0.15, 0.2) is 0 Å². The quantitative estimate of drug-likeness (QED) is 0.763. The van der Waals surface area contributed by atoms with Crippen LogP contribution in [0.5, 0.6) is 0 Å². The second-order valence-corrected chi connectivity index (χ2v) is 5.76. The predicted octanol–water partition coefficient (Wildman–Crippen LogP) is 2.91. The zero-order valence-corrected chi connectivity index (χ0v) is 13.6. The third-order valence-electron chi connectivity index (χ3n) is 3.18. The third kappa shape index (κ3) is 5.37. The Morgan fingerprint density at radius 3 is 2.57 bits per heavy atom. The van der Waals surface area contributed by atoms with Crippen LogP contribution in [0, 0.1) is 0 Å². The molecule has 0 bridgehead atoms. The lowest BCUT2D eigenvalue weighted by molar-refractivity contribution is -0.118. The van der Waals surface area contributed by atoms with Crippen LogP contribution in [0.15, 0.2) is 52.0 Å². The molecule has 0 saturated carbocycles. The number of hydrogen-bond acceptors (Lipinski definition) is 4. The number of thioether (sulfide) groups is 1. The van der Waals surface area contributed by atoms with Gasteiger partial charge in [0.25, 0.3) is 0 Å². The third-order valence-corrected chi connectivity index (χ3v) is 3.93. The normalized spacial score (nSPS) is 10.3. The second-order valence-electron chi connectivity index (χ2n) is 4.88. The summed E-state index contributed by atoms with van der Waals surface area (Å²) in [6.45, 7) is 0.500. The van der Waals surface area contributed by atoms with Crippen molar-refractivity contribution in [2.75, 3.05) is 18.1 Å². The summed E-state index contributed by atoms with van der Waals surface area (Å²) in [6.07, 6.45) is 3.63. The molecular formula is C16H19N3O3S. The van der Waals surface area contributed by atoms with Gasteiger partial charge in [0.1, 0.15) is 5.76 Å². The summed E-state index contributed by atoms with van der Waals surface area (Å²) in [5, 5.41) is 2.81. The lowest BCUT2D eigenvalue weighted by Gasteiger charge is -2.21. The van der Waals surface area contributed by atoms with Gasteiger partial charge in [0.2, 0.25) is 5.91 Å². The first kappa shape index (κ1) is 17.0. The molecule has 0 aliphatic heterocycles. The highest BCUT2D eigenvalue weighted by atomic mass is 32.2. The van der Waals surface area contributed by atoms with Crippen LogP contribution in [0.3, 0.4) is 0 Å². The number of furan rings is 1. The summed E-state index contributed by atoms with van der Waals surface area (Å²) >= 11 is 1.63. The Bertz CT molecular complexity index is 641. The van der Waals surface area contributed by atoms with Gasteiger partial charge >= 0.3 is 6.03 Å². The number of nitrogens with two attached hydrogens (primary N) is 1. The number of nitrogens with zero attached hydrogens (tertiary/aromatic N) is 1. The maximum Gasteiger partial charge on any atom is 0.322 e. The molecule has 0 spiro atoms. The molecule has 122 valence electrons. The summed E-state index contributed by atoms with van der Waals surface area (Å²) in [5.41, 5.74) is 5.87. The van der Waals surface area contributed by atoms with E-state index in [0.717, 1.165) is 4.90 Å². The largest absolute Gasteiger partial charge is 0.467 e. The number of rotatable bonds is 7. The molecule has 1 heterocycles. The van der Waals surface area contributed by atoms with E-state index >= 15 is 0 Å². The fourth-order valence-corrected chi connectivity index (χ4v) is 2.37. The Hall–Kier alpha value is -2.41. The fourth-order valence-electron chi connectivity index (χ4n) is 1.97. The molecule has 2 rings (SSSR count). The van der Waals surface area contributed by atoms with E-state index in [1.54, 1.807) is 30.2 Å². The van der Waals surface area contributed by atoms with E-state index in [1.807, 2.05) is 30.5 Å². The van der Waals surface area contributed by atoms with E-state index in [-0.39, 0.29) is 25.5 Å². The van der Waals surface area contributed by atoms with Crippen molar-refractivity contribution < 1.29 is 14.0 Å². The van der Waals surface area contributed by atoms with Gasteiger partial charge in [-0.05, 0) is 42.7 Å². The number of nitrogens with one attached hydrogen (secondary N) is 1. The molecule has 2 aromatic rings. The number of anilines is 1. The summed E-state index contributed by atoms with van der Waals surface area (Å²) in [4.78, 5) is 26.0. The molecule has 7 heteroatoms. The molecule has 0 saturated heterocycles. The molecule has 3 amide bonds. The summed E-state index contributed by atoms with van der Waals surface area (Å²) in [6, 6.07) is 10.8. The number of primary amides is 1. The Labute approximate surface area is 139 Å². The standard InChI is InChI=1S/C16H19N3O3S/c1-23-14-6-4-12(5-7-14)18-16(21)19(9-8-15(17)20)11-13-3-2-10-22-13/h2-7,10H,8-9,11H2,1H3,(H2,17,20)(H,18,21). The Balaban J connectivity index is 2.03. The van der Waals surface area contributed by atoms with Gasteiger partial charge in [-0.15, -0.1) is 11.8 Å². The Morgan fingerprint density at radius 1 is 1.26 bits per heavy atom. The zero-order valence-electron chi connectivity index (χ0n) is 12.8. The second kappa shape index (κ2) is 8.28. The van der Waals surface area contributed by atoms with Crippen LogP contribution in [0.25, 0.3) is 0 Å². The van der Waals surface area contributed by atoms with Crippen LogP contribution in [-0.4, -0.2) is 29.6 Å². The highest BCUT2D eigenvalue weighted by molar-refractivity contribution is 7.98. The molecule has 0 atom stereocenters. The van der Waals surface area contributed by atoms with E-state index < -0.39 is 5.91 Å². The number of urea groups is 1. The zero-order chi connectivity index (χ0) is 16.7. The molecule has 0 unspecified atom stereocenters.